The van der Waals surface area contributed by atoms with E-state index in [2.05, 4.69) is 10.5 Å². The van der Waals surface area contributed by atoms with E-state index in [9.17, 15) is 4.79 Å². The number of nitrogens with one attached hydrogen (secondary N) is 1. The smallest absolute Gasteiger partial charge is 0.307 e. The predicted molar refractivity (Wildman–Crippen MR) is 75.0 cm³/mol. The van der Waals surface area contributed by atoms with Crippen molar-refractivity contribution in [3.8, 4) is 0 Å². The van der Waals surface area contributed by atoms with Gasteiger partial charge in [0, 0.05) is 5.56 Å². The van der Waals surface area contributed by atoms with E-state index >= 15 is 0 Å². The van der Waals surface area contributed by atoms with E-state index in [0.717, 1.165) is 0 Å². The summed E-state index contributed by atoms with van der Waals surface area (Å²) < 4.78 is 5.16. The Morgan fingerprint density at radius 3 is 2.79 bits per heavy atom. The zero-order valence-corrected chi connectivity index (χ0v) is 11.5. The molecule has 6 heteroatoms. The van der Waals surface area contributed by atoms with Crippen LogP contribution in [0.3, 0.4) is 0 Å². The second-order valence-electron chi connectivity index (χ2n) is 3.75. The maximum Gasteiger partial charge on any atom is 0.307 e. The minimum absolute atomic E-state index is 0.201. The van der Waals surface area contributed by atoms with Gasteiger partial charge in [0.05, 0.1) is 16.3 Å². The van der Waals surface area contributed by atoms with Crippen LogP contribution in [0.4, 0.5) is 0 Å². The average Bonchev–Trinajstić information content (AvgIpc) is 2.81. The zero-order chi connectivity index (χ0) is 13.8. The van der Waals surface area contributed by atoms with Gasteiger partial charge in [0.25, 0.3) is 0 Å². The number of hydrazone groups is 1. The minimum atomic E-state index is -0.428. The van der Waals surface area contributed by atoms with Crippen LogP contribution in [0.5, 0.6) is 0 Å². The molecule has 0 aliphatic carbocycles. The van der Waals surface area contributed by atoms with Gasteiger partial charge in [-0.05, 0) is 25.1 Å². The topological polar surface area (TPSA) is 54.6 Å². The molecule has 1 aromatic heterocycles. The van der Waals surface area contributed by atoms with E-state index in [4.69, 9.17) is 27.6 Å². The number of carbonyl (C=O) groups excluding carboxylic acids is 1. The summed E-state index contributed by atoms with van der Waals surface area (Å²) in [5, 5.41) is 4.62. The maximum absolute atomic E-state index is 11.6. The van der Waals surface area contributed by atoms with Crippen molar-refractivity contribution in [1.29, 1.82) is 0 Å². The molecule has 0 saturated heterocycles. The first-order valence-electron chi connectivity index (χ1n) is 5.42. The van der Waals surface area contributed by atoms with Gasteiger partial charge in [-0.1, -0.05) is 35.3 Å². The Morgan fingerprint density at radius 2 is 2.11 bits per heavy atom. The van der Waals surface area contributed by atoms with Crippen molar-refractivity contribution in [1.82, 2.24) is 5.43 Å². The molecule has 1 amide bonds. The molecule has 0 fully saturated rings. The second-order valence-corrected chi connectivity index (χ2v) is 4.54. The molecule has 19 heavy (non-hydrogen) atoms. The third-order valence-corrected chi connectivity index (χ3v) is 3.15. The summed E-state index contributed by atoms with van der Waals surface area (Å²) in [4.78, 5) is 11.6. The van der Waals surface area contributed by atoms with Crippen LogP contribution < -0.4 is 5.43 Å². The number of aryl methyl sites for hydroxylation is 1. The van der Waals surface area contributed by atoms with Crippen LogP contribution in [0, 0.1) is 6.92 Å². The van der Waals surface area contributed by atoms with Crippen molar-refractivity contribution in [2.75, 3.05) is 0 Å². The summed E-state index contributed by atoms with van der Waals surface area (Å²) in [6.07, 6.45) is 1.42. The minimum Gasteiger partial charge on any atom is -0.456 e. The summed E-state index contributed by atoms with van der Waals surface area (Å²) in [5.41, 5.74) is 2.96. The van der Waals surface area contributed by atoms with E-state index in [-0.39, 0.29) is 5.76 Å². The molecule has 0 spiro atoms. The fraction of sp³-hybridized carbons (Fsp3) is 0.0769. The molecule has 1 aromatic carbocycles. The van der Waals surface area contributed by atoms with E-state index in [1.165, 1.54) is 6.21 Å². The summed E-state index contributed by atoms with van der Waals surface area (Å²) in [7, 11) is 0. The number of carbonyl (C=O) groups is 1. The fourth-order valence-corrected chi connectivity index (χ4v) is 1.75. The third-order valence-electron chi connectivity index (χ3n) is 2.32. The molecule has 98 valence electrons. The van der Waals surface area contributed by atoms with Crippen LogP contribution in [-0.2, 0) is 0 Å². The van der Waals surface area contributed by atoms with Crippen LogP contribution in [0.1, 0.15) is 21.9 Å². The van der Waals surface area contributed by atoms with Gasteiger partial charge in [0.2, 0.25) is 0 Å². The van der Waals surface area contributed by atoms with Crippen LogP contribution in [0.2, 0.25) is 10.0 Å². The Labute approximate surface area is 120 Å². The van der Waals surface area contributed by atoms with Gasteiger partial charge in [0.15, 0.2) is 5.76 Å². The van der Waals surface area contributed by atoms with E-state index in [1.54, 1.807) is 37.3 Å². The maximum atomic E-state index is 11.6. The van der Waals surface area contributed by atoms with Gasteiger partial charge >= 0.3 is 5.91 Å². The van der Waals surface area contributed by atoms with E-state index in [0.29, 0.717) is 21.4 Å². The first-order valence-corrected chi connectivity index (χ1v) is 6.17. The molecule has 0 unspecified atom stereocenters. The summed E-state index contributed by atoms with van der Waals surface area (Å²) in [5.74, 6) is 0.432. The number of amides is 1. The molecule has 4 nitrogen and oxygen atoms in total. The molecule has 0 radical (unpaired) electrons. The SMILES string of the molecule is Cc1ccc(C(=O)N/N=C/c2cccc(Cl)c2Cl)o1. The number of hydrogen-bond acceptors (Lipinski definition) is 3. The molecule has 2 aromatic rings. The quantitative estimate of drug-likeness (QED) is 0.694. The molecule has 0 saturated carbocycles. The Bertz CT molecular complexity index is 635. The zero-order valence-electron chi connectivity index (χ0n) is 9.98. The van der Waals surface area contributed by atoms with E-state index in [1.807, 2.05) is 0 Å². The highest BCUT2D eigenvalue weighted by atomic mass is 35.5. The number of nitrogens with zero attached hydrogens (tertiary/aromatic N) is 1. The highest BCUT2D eigenvalue weighted by molar-refractivity contribution is 6.43. The molecule has 0 aliphatic heterocycles. The second kappa shape index (κ2) is 5.91. The third kappa shape index (κ3) is 3.36. The fourth-order valence-electron chi connectivity index (χ4n) is 1.39. The van der Waals surface area contributed by atoms with Crippen LogP contribution in [-0.4, -0.2) is 12.1 Å². The molecule has 2 rings (SSSR count). The Kier molecular flexibility index (Phi) is 4.24. The highest BCUT2D eigenvalue weighted by Crippen LogP contribution is 2.24. The van der Waals surface area contributed by atoms with Crippen LogP contribution in [0.25, 0.3) is 0 Å². The summed E-state index contributed by atoms with van der Waals surface area (Å²) in [6.45, 7) is 1.76. The lowest BCUT2D eigenvalue weighted by Gasteiger charge is -1.99. The molecular formula is C13H10Cl2N2O2. The standard InChI is InChI=1S/C13H10Cl2N2O2/c1-8-5-6-11(19-8)13(18)17-16-7-9-3-2-4-10(14)12(9)15/h2-7H,1H3,(H,17,18)/b16-7+. The van der Waals surface area contributed by atoms with Crippen molar-refractivity contribution in [2.24, 2.45) is 5.10 Å². The summed E-state index contributed by atoms with van der Waals surface area (Å²) in [6, 6.07) is 8.43. The summed E-state index contributed by atoms with van der Waals surface area (Å²) >= 11 is 11.8. The lowest BCUT2D eigenvalue weighted by Crippen LogP contribution is -2.16. The lowest BCUT2D eigenvalue weighted by atomic mass is 10.2. The Hall–Kier alpha value is -1.78. The monoisotopic (exact) mass is 296 g/mol. The Balaban J connectivity index is 2.04. The van der Waals surface area contributed by atoms with Crippen molar-refractivity contribution < 1.29 is 9.21 Å². The van der Waals surface area contributed by atoms with Crippen molar-refractivity contribution >= 4 is 35.3 Å². The van der Waals surface area contributed by atoms with Crippen molar-refractivity contribution in [3.63, 3.8) is 0 Å². The first kappa shape index (κ1) is 13.6. The van der Waals surface area contributed by atoms with Gasteiger partial charge in [-0.2, -0.15) is 5.10 Å². The molecule has 0 atom stereocenters. The van der Waals surface area contributed by atoms with Crippen LogP contribution >= 0.6 is 23.2 Å². The highest BCUT2D eigenvalue weighted by Gasteiger charge is 2.08. The number of rotatable bonds is 3. The Morgan fingerprint density at radius 1 is 1.32 bits per heavy atom. The van der Waals surface area contributed by atoms with Crippen molar-refractivity contribution in [2.45, 2.75) is 6.92 Å². The number of furan rings is 1. The van der Waals surface area contributed by atoms with Gasteiger partial charge in [-0.15, -0.1) is 0 Å². The largest absolute Gasteiger partial charge is 0.456 e. The molecule has 1 heterocycles. The molecule has 1 N–H and O–H groups in total. The molecular weight excluding hydrogens is 287 g/mol. The van der Waals surface area contributed by atoms with Gasteiger partial charge in [-0.3, -0.25) is 4.79 Å². The first-order chi connectivity index (χ1) is 9.08. The number of benzene rings is 1. The van der Waals surface area contributed by atoms with Crippen molar-refractivity contribution in [3.05, 3.63) is 57.5 Å². The molecule has 0 bridgehead atoms. The number of hydrogen-bond donors (Lipinski definition) is 1. The van der Waals surface area contributed by atoms with E-state index < -0.39 is 5.91 Å². The molecule has 0 aliphatic rings. The normalized spacial score (nSPS) is 10.9. The van der Waals surface area contributed by atoms with Gasteiger partial charge in [-0.25, -0.2) is 5.43 Å². The van der Waals surface area contributed by atoms with Crippen LogP contribution in [0.15, 0.2) is 39.9 Å². The lowest BCUT2D eigenvalue weighted by molar-refractivity contribution is 0.0926. The predicted octanol–water partition coefficient (Wildman–Crippen LogP) is 3.66. The average molecular weight is 297 g/mol. The van der Waals surface area contributed by atoms with Gasteiger partial charge in [0.1, 0.15) is 5.76 Å². The number of halogens is 2. The van der Waals surface area contributed by atoms with Gasteiger partial charge < -0.3 is 4.42 Å².